The summed E-state index contributed by atoms with van der Waals surface area (Å²) in [5.74, 6) is 0.0732. The van der Waals surface area contributed by atoms with E-state index in [-0.39, 0.29) is 5.78 Å². The monoisotopic (exact) mass is 234 g/mol. The van der Waals surface area contributed by atoms with Gasteiger partial charge in [-0.1, -0.05) is 6.92 Å². The first-order valence-electron chi connectivity index (χ1n) is 5.41. The summed E-state index contributed by atoms with van der Waals surface area (Å²) in [4.78, 5) is 14.2. The third kappa shape index (κ3) is 1.93. The van der Waals surface area contributed by atoms with Crippen molar-refractivity contribution >= 4 is 17.1 Å². The van der Waals surface area contributed by atoms with E-state index in [0.29, 0.717) is 5.69 Å². The molecule has 2 aromatic heterocycles. The van der Waals surface area contributed by atoms with Crippen molar-refractivity contribution in [2.75, 3.05) is 0 Å². The first-order valence-corrected chi connectivity index (χ1v) is 6.23. The molecule has 0 aromatic carbocycles. The van der Waals surface area contributed by atoms with E-state index in [2.05, 4.69) is 12.0 Å². The van der Waals surface area contributed by atoms with Gasteiger partial charge in [0.15, 0.2) is 0 Å². The molecule has 0 bridgehead atoms. The van der Waals surface area contributed by atoms with Gasteiger partial charge in [-0.05, 0) is 31.5 Å². The molecule has 0 amide bonds. The van der Waals surface area contributed by atoms with E-state index in [1.165, 1.54) is 4.88 Å². The van der Waals surface area contributed by atoms with Crippen molar-refractivity contribution in [1.29, 1.82) is 0 Å². The minimum atomic E-state index is 0.0732. The number of aromatic nitrogens is 2. The van der Waals surface area contributed by atoms with E-state index < -0.39 is 0 Å². The Bertz CT molecular complexity index is 499. The van der Waals surface area contributed by atoms with Crippen molar-refractivity contribution in [2.45, 2.75) is 26.8 Å². The fraction of sp³-hybridized carbons (Fsp3) is 0.333. The number of hydrogen-bond acceptors (Lipinski definition) is 3. The summed E-state index contributed by atoms with van der Waals surface area (Å²) in [7, 11) is 0. The predicted molar refractivity (Wildman–Crippen MR) is 65.0 cm³/mol. The first-order chi connectivity index (χ1) is 7.76. The van der Waals surface area contributed by atoms with Crippen molar-refractivity contribution in [1.82, 2.24) is 9.78 Å². The highest BCUT2D eigenvalue weighted by Crippen LogP contribution is 2.20. The summed E-state index contributed by atoms with van der Waals surface area (Å²) in [6.45, 7) is 4.80. The molecule has 84 valence electrons. The third-order valence-electron chi connectivity index (χ3n) is 2.48. The molecular formula is C12H14N2OS. The summed E-state index contributed by atoms with van der Waals surface area (Å²) in [5.41, 5.74) is 0.673. The highest BCUT2D eigenvalue weighted by Gasteiger charge is 2.15. The molecule has 0 unspecified atom stereocenters. The zero-order valence-corrected chi connectivity index (χ0v) is 10.3. The Morgan fingerprint density at radius 2 is 2.19 bits per heavy atom. The standard InChI is InChI=1S/C12H14N2OS/c1-3-9-5-6-11(16-9)12(15)10-7-8-13-14(10)4-2/h5-8H,3-4H2,1-2H3. The lowest BCUT2D eigenvalue weighted by atomic mass is 10.2. The number of carbonyl (C=O) groups excluding carboxylic acids is 1. The van der Waals surface area contributed by atoms with Gasteiger partial charge in [0, 0.05) is 17.6 Å². The van der Waals surface area contributed by atoms with Crippen LogP contribution in [0.25, 0.3) is 0 Å². The van der Waals surface area contributed by atoms with E-state index in [9.17, 15) is 4.79 Å². The largest absolute Gasteiger partial charge is 0.286 e. The van der Waals surface area contributed by atoms with Crippen LogP contribution in [0.1, 0.15) is 34.1 Å². The average Bonchev–Trinajstić information content (AvgIpc) is 2.96. The smallest absolute Gasteiger partial charge is 0.220 e. The van der Waals surface area contributed by atoms with Crippen molar-refractivity contribution in [3.05, 3.63) is 39.8 Å². The maximum absolute atomic E-state index is 12.2. The normalized spacial score (nSPS) is 10.6. The highest BCUT2D eigenvalue weighted by atomic mass is 32.1. The van der Waals surface area contributed by atoms with Gasteiger partial charge in [-0.15, -0.1) is 11.3 Å². The molecule has 0 aliphatic rings. The van der Waals surface area contributed by atoms with Crippen LogP contribution in [0.2, 0.25) is 0 Å². The maximum Gasteiger partial charge on any atom is 0.220 e. The zero-order chi connectivity index (χ0) is 11.5. The molecule has 0 radical (unpaired) electrons. The van der Waals surface area contributed by atoms with Crippen molar-refractivity contribution in [3.8, 4) is 0 Å². The lowest BCUT2D eigenvalue weighted by molar-refractivity contribution is 0.103. The molecule has 2 aromatic rings. The number of aryl methyl sites for hydroxylation is 2. The van der Waals surface area contributed by atoms with Crippen LogP contribution in [0.4, 0.5) is 0 Å². The number of hydrogen-bond donors (Lipinski definition) is 0. The van der Waals surface area contributed by atoms with E-state index >= 15 is 0 Å². The quantitative estimate of drug-likeness (QED) is 0.762. The van der Waals surface area contributed by atoms with Gasteiger partial charge < -0.3 is 0 Å². The Labute approximate surface area is 98.7 Å². The molecule has 0 atom stereocenters. The Morgan fingerprint density at radius 3 is 2.81 bits per heavy atom. The first kappa shape index (κ1) is 11.1. The molecule has 2 heterocycles. The van der Waals surface area contributed by atoms with Crippen LogP contribution in [-0.4, -0.2) is 15.6 Å². The van der Waals surface area contributed by atoms with E-state index in [4.69, 9.17) is 0 Å². The second kappa shape index (κ2) is 4.61. The Balaban J connectivity index is 2.31. The maximum atomic E-state index is 12.2. The SMILES string of the molecule is CCc1ccc(C(=O)c2ccnn2CC)s1. The fourth-order valence-electron chi connectivity index (χ4n) is 1.59. The molecule has 0 N–H and O–H groups in total. The van der Waals surface area contributed by atoms with Crippen LogP contribution in [0.3, 0.4) is 0 Å². The Morgan fingerprint density at radius 1 is 1.38 bits per heavy atom. The van der Waals surface area contributed by atoms with Gasteiger partial charge >= 0.3 is 0 Å². The van der Waals surface area contributed by atoms with Crippen LogP contribution >= 0.6 is 11.3 Å². The molecule has 3 nitrogen and oxygen atoms in total. The van der Waals surface area contributed by atoms with Gasteiger partial charge in [-0.25, -0.2) is 0 Å². The summed E-state index contributed by atoms with van der Waals surface area (Å²) in [5, 5.41) is 4.11. The molecule has 0 aliphatic heterocycles. The third-order valence-corrected chi connectivity index (χ3v) is 3.71. The molecule has 0 aliphatic carbocycles. The number of carbonyl (C=O) groups is 1. The lowest BCUT2D eigenvalue weighted by Gasteiger charge is -2.01. The molecular weight excluding hydrogens is 220 g/mol. The summed E-state index contributed by atoms with van der Waals surface area (Å²) in [6, 6.07) is 5.70. The molecule has 0 spiro atoms. The molecule has 0 saturated carbocycles. The van der Waals surface area contributed by atoms with Gasteiger partial charge in [-0.2, -0.15) is 5.10 Å². The number of ketones is 1. The number of rotatable bonds is 4. The summed E-state index contributed by atoms with van der Waals surface area (Å²) < 4.78 is 1.73. The van der Waals surface area contributed by atoms with E-state index in [1.807, 2.05) is 19.1 Å². The zero-order valence-electron chi connectivity index (χ0n) is 9.43. The van der Waals surface area contributed by atoms with Gasteiger partial charge in [0.05, 0.1) is 4.88 Å². The average molecular weight is 234 g/mol. The summed E-state index contributed by atoms with van der Waals surface area (Å²) in [6.07, 6.45) is 2.65. The van der Waals surface area contributed by atoms with Crippen LogP contribution < -0.4 is 0 Å². The van der Waals surface area contributed by atoms with E-state index in [0.717, 1.165) is 17.8 Å². The van der Waals surface area contributed by atoms with Crippen molar-refractivity contribution < 1.29 is 4.79 Å². The van der Waals surface area contributed by atoms with Crippen molar-refractivity contribution in [2.24, 2.45) is 0 Å². The van der Waals surface area contributed by atoms with Crippen molar-refractivity contribution in [3.63, 3.8) is 0 Å². The van der Waals surface area contributed by atoms with Crippen LogP contribution in [0, 0.1) is 0 Å². The Hall–Kier alpha value is -1.42. The second-order valence-corrected chi connectivity index (χ2v) is 4.65. The predicted octanol–water partition coefficient (Wildman–Crippen LogP) is 2.76. The molecule has 16 heavy (non-hydrogen) atoms. The fourth-order valence-corrected chi connectivity index (χ4v) is 2.49. The van der Waals surface area contributed by atoms with Gasteiger partial charge in [0.1, 0.15) is 5.69 Å². The van der Waals surface area contributed by atoms with Gasteiger partial charge in [-0.3, -0.25) is 9.48 Å². The number of thiophene rings is 1. The topological polar surface area (TPSA) is 34.9 Å². The number of nitrogens with zero attached hydrogens (tertiary/aromatic N) is 2. The van der Waals surface area contributed by atoms with E-state index in [1.54, 1.807) is 28.3 Å². The van der Waals surface area contributed by atoms with Crippen LogP contribution in [0.15, 0.2) is 24.4 Å². The lowest BCUT2D eigenvalue weighted by Crippen LogP contribution is -2.09. The minimum absolute atomic E-state index is 0.0732. The van der Waals surface area contributed by atoms with Crippen LogP contribution in [-0.2, 0) is 13.0 Å². The van der Waals surface area contributed by atoms with Gasteiger partial charge in [0.25, 0.3) is 0 Å². The Kier molecular flexibility index (Phi) is 3.19. The van der Waals surface area contributed by atoms with Crippen LogP contribution in [0.5, 0.6) is 0 Å². The highest BCUT2D eigenvalue weighted by molar-refractivity contribution is 7.14. The molecule has 2 rings (SSSR count). The molecule has 0 fully saturated rings. The molecule has 0 saturated heterocycles. The summed E-state index contributed by atoms with van der Waals surface area (Å²) >= 11 is 1.57. The molecule has 4 heteroatoms. The minimum Gasteiger partial charge on any atom is -0.286 e. The second-order valence-electron chi connectivity index (χ2n) is 3.48. The van der Waals surface area contributed by atoms with Gasteiger partial charge in [0.2, 0.25) is 5.78 Å².